The number of guanidine groups is 1. The van der Waals surface area contributed by atoms with Gasteiger partial charge in [-0.1, -0.05) is 0 Å². The van der Waals surface area contributed by atoms with Gasteiger partial charge in [-0.05, 0) is 51.7 Å². The van der Waals surface area contributed by atoms with Crippen molar-refractivity contribution in [2.45, 2.75) is 58.2 Å². The predicted octanol–water partition coefficient (Wildman–Crippen LogP) is 2.79. The maximum Gasteiger partial charge on any atom is 0.191 e. The largest absolute Gasteiger partial charge is 0.497 e. The van der Waals surface area contributed by atoms with Crippen LogP contribution in [0.4, 0.5) is 0 Å². The molecular formula is C23H38N4O3. The van der Waals surface area contributed by atoms with Gasteiger partial charge < -0.3 is 24.8 Å². The van der Waals surface area contributed by atoms with Crippen LogP contribution in [0, 0.1) is 0 Å². The van der Waals surface area contributed by atoms with E-state index in [1.54, 1.807) is 7.11 Å². The first-order chi connectivity index (χ1) is 14.7. The molecule has 1 aliphatic heterocycles. The first kappa shape index (κ1) is 22.7. The monoisotopic (exact) mass is 418 g/mol. The third kappa shape index (κ3) is 6.77. The van der Waals surface area contributed by atoms with Gasteiger partial charge in [0.25, 0.3) is 0 Å². The summed E-state index contributed by atoms with van der Waals surface area (Å²) in [5.41, 5.74) is 1.08. The zero-order chi connectivity index (χ0) is 21.2. The second kappa shape index (κ2) is 12.0. The van der Waals surface area contributed by atoms with Gasteiger partial charge in [-0.25, -0.2) is 4.99 Å². The van der Waals surface area contributed by atoms with E-state index in [4.69, 9.17) is 19.2 Å². The van der Waals surface area contributed by atoms with E-state index in [0.29, 0.717) is 18.7 Å². The molecule has 0 radical (unpaired) electrons. The minimum absolute atomic E-state index is 0.306. The number of methoxy groups -OCH3 is 1. The quantitative estimate of drug-likeness (QED) is 0.475. The van der Waals surface area contributed by atoms with E-state index in [2.05, 4.69) is 35.4 Å². The van der Waals surface area contributed by atoms with E-state index in [0.717, 1.165) is 75.3 Å². The van der Waals surface area contributed by atoms with Crippen molar-refractivity contribution in [1.29, 1.82) is 0 Å². The van der Waals surface area contributed by atoms with Gasteiger partial charge >= 0.3 is 0 Å². The molecule has 1 saturated heterocycles. The van der Waals surface area contributed by atoms with Gasteiger partial charge in [-0.3, -0.25) is 4.90 Å². The molecule has 1 atom stereocenters. The van der Waals surface area contributed by atoms with Crippen molar-refractivity contribution in [2.75, 3.05) is 46.5 Å². The van der Waals surface area contributed by atoms with E-state index >= 15 is 0 Å². The summed E-state index contributed by atoms with van der Waals surface area (Å²) in [7, 11) is 1.69. The number of ether oxygens (including phenoxy) is 3. The second-order valence-corrected chi connectivity index (χ2v) is 8.07. The lowest BCUT2D eigenvalue weighted by molar-refractivity contribution is 0.0211. The molecule has 2 aliphatic rings. The zero-order valence-corrected chi connectivity index (χ0v) is 18.8. The highest BCUT2D eigenvalue weighted by Crippen LogP contribution is 2.30. The smallest absolute Gasteiger partial charge is 0.191 e. The Labute approximate surface area is 181 Å². The lowest BCUT2D eigenvalue weighted by atomic mass is 10.2. The summed E-state index contributed by atoms with van der Waals surface area (Å²) in [5, 5.41) is 6.85. The van der Waals surface area contributed by atoms with Crippen LogP contribution >= 0.6 is 0 Å². The maximum absolute atomic E-state index is 6.31. The molecule has 7 nitrogen and oxygen atoms in total. The normalized spacial score (nSPS) is 19.5. The van der Waals surface area contributed by atoms with Crippen LogP contribution in [-0.4, -0.2) is 69.5 Å². The Bertz CT molecular complexity index is 670. The van der Waals surface area contributed by atoms with Crippen molar-refractivity contribution in [3.8, 4) is 11.5 Å². The fourth-order valence-electron chi connectivity index (χ4n) is 3.99. The number of benzene rings is 1. The lowest BCUT2D eigenvalue weighted by Crippen LogP contribution is -2.49. The number of nitrogens with one attached hydrogen (secondary N) is 2. The van der Waals surface area contributed by atoms with E-state index in [9.17, 15) is 0 Å². The second-order valence-electron chi connectivity index (χ2n) is 8.07. The summed E-state index contributed by atoms with van der Waals surface area (Å²) >= 11 is 0. The Morgan fingerprint density at radius 2 is 2.00 bits per heavy atom. The Morgan fingerprint density at radius 3 is 2.70 bits per heavy atom. The van der Waals surface area contributed by atoms with E-state index in [1.807, 2.05) is 12.1 Å². The molecule has 0 spiro atoms. The Kier molecular flexibility index (Phi) is 9.08. The molecular weight excluding hydrogens is 380 g/mol. The number of morpholine rings is 1. The fraction of sp³-hybridized carbons (Fsp3) is 0.696. The maximum atomic E-state index is 6.31. The molecule has 1 unspecified atom stereocenters. The summed E-state index contributed by atoms with van der Waals surface area (Å²) in [6, 6.07) is 6.46. The van der Waals surface area contributed by atoms with Crippen LogP contribution in [0.15, 0.2) is 23.2 Å². The third-order valence-electron chi connectivity index (χ3n) is 5.86. The molecule has 0 aromatic heterocycles. The first-order valence-corrected chi connectivity index (χ1v) is 11.4. The minimum atomic E-state index is 0.306. The summed E-state index contributed by atoms with van der Waals surface area (Å²) in [4.78, 5) is 7.28. The van der Waals surface area contributed by atoms with Crippen LogP contribution < -0.4 is 20.1 Å². The summed E-state index contributed by atoms with van der Waals surface area (Å²) in [6.45, 7) is 10.2. The van der Waals surface area contributed by atoms with Crippen LogP contribution in [0.1, 0.15) is 45.1 Å². The van der Waals surface area contributed by atoms with E-state index < -0.39 is 0 Å². The van der Waals surface area contributed by atoms with Crippen LogP contribution in [0.5, 0.6) is 11.5 Å². The number of nitrogens with zero attached hydrogens (tertiary/aromatic N) is 2. The van der Waals surface area contributed by atoms with Gasteiger partial charge in [0.1, 0.15) is 11.5 Å². The van der Waals surface area contributed by atoms with Crippen molar-refractivity contribution < 1.29 is 14.2 Å². The summed E-state index contributed by atoms with van der Waals surface area (Å²) in [6.07, 6.45) is 5.06. The molecule has 30 heavy (non-hydrogen) atoms. The molecule has 2 fully saturated rings. The number of rotatable bonds is 9. The third-order valence-corrected chi connectivity index (χ3v) is 5.86. The fourth-order valence-corrected chi connectivity index (χ4v) is 3.99. The van der Waals surface area contributed by atoms with Crippen molar-refractivity contribution in [3.63, 3.8) is 0 Å². The Hall–Kier alpha value is -1.99. The summed E-state index contributed by atoms with van der Waals surface area (Å²) < 4.78 is 17.2. The van der Waals surface area contributed by atoms with Gasteiger partial charge in [-0.15, -0.1) is 0 Å². The average Bonchev–Trinajstić information content (AvgIpc) is 3.29. The molecule has 1 saturated carbocycles. The number of aliphatic imine (C=N–C) groups is 1. The molecule has 1 heterocycles. The molecule has 2 N–H and O–H groups in total. The van der Waals surface area contributed by atoms with Gasteiger partial charge in [0.15, 0.2) is 5.96 Å². The molecule has 0 bridgehead atoms. The molecule has 1 aromatic rings. The standard InChI is InChI=1S/C23H38N4O3/c1-4-24-23(25-16-18(2)27-11-13-29-14-12-27)26-17-19-9-10-21(28-3)15-22(19)30-20-7-5-6-8-20/h9-10,15,18,20H,4-8,11-14,16-17H2,1-3H3,(H2,24,25,26). The van der Waals surface area contributed by atoms with Crippen LogP contribution in [0.2, 0.25) is 0 Å². The zero-order valence-electron chi connectivity index (χ0n) is 18.8. The Balaban J connectivity index is 1.62. The molecule has 1 aliphatic carbocycles. The topological polar surface area (TPSA) is 67.4 Å². The highest BCUT2D eigenvalue weighted by molar-refractivity contribution is 5.79. The number of hydrogen-bond acceptors (Lipinski definition) is 5. The molecule has 168 valence electrons. The molecule has 0 amide bonds. The van der Waals surface area contributed by atoms with Crippen LogP contribution in [0.3, 0.4) is 0 Å². The molecule has 7 heteroatoms. The van der Waals surface area contributed by atoms with E-state index in [-0.39, 0.29) is 0 Å². The van der Waals surface area contributed by atoms with Crippen molar-refractivity contribution in [1.82, 2.24) is 15.5 Å². The first-order valence-electron chi connectivity index (χ1n) is 11.4. The molecule has 1 aromatic carbocycles. The highest BCUT2D eigenvalue weighted by atomic mass is 16.5. The highest BCUT2D eigenvalue weighted by Gasteiger charge is 2.19. The average molecular weight is 419 g/mol. The predicted molar refractivity (Wildman–Crippen MR) is 121 cm³/mol. The number of hydrogen-bond donors (Lipinski definition) is 2. The van der Waals surface area contributed by atoms with Crippen LogP contribution in [-0.2, 0) is 11.3 Å². The van der Waals surface area contributed by atoms with Crippen molar-refractivity contribution in [3.05, 3.63) is 23.8 Å². The van der Waals surface area contributed by atoms with Gasteiger partial charge in [0, 0.05) is 43.9 Å². The van der Waals surface area contributed by atoms with E-state index in [1.165, 1.54) is 12.8 Å². The summed E-state index contributed by atoms with van der Waals surface area (Å²) in [5.74, 6) is 2.54. The van der Waals surface area contributed by atoms with Gasteiger partial charge in [0.2, 0.25) is 0 Å². The van der Waals surface area contributed by atoms with Gasteiger partial charge in [-0.2, -0.15) is 0 Å². The van der Waals surface area contributed by atoms with Crippen molar-refractivity contribution >= 4 is 5.96 Å². The SMILES string of the molecule is CCNC(=NCc1ccc(OC)cc1OC1CCCC1)NCC(C)N1CCOCC1. The van der Waals surface area contributed by atoms with Crippen LogP contribution in [0.25, 0.3) is 0 Å². The van der Waals surface area contributed by atoms with Gasteiger partial charge in [0.05, 0.1) is 33.0 Å². The minimum Gasteiger partial charge on any atom is -0.497 e. The lowest BCUT2D eigenvalue weighted by Gasteiger charge is -2.32. The molecule has 3 rings (SSSR count). The Morgan fingerprint density at radius 1 is 1.23 bits per heavy atom. The van der Waals surface area contributed by atoms with Crippen molar-refractivity contribution in [2.24, 2.45) is 4.99 Å².